The van der Waals surface area contributed by atoms with Crippen LogP contribution in [0.5, 0.6) is 11.5 Å². The third-order valence-corrected chi connectivity index (χ3v) is 5.18. The van der Waals surface area contributed by atoms with Crippen molar-refractivity contribution in [3.05, 3.63) is 51.2 Å². The van der Waals surface area contributed by atoms with Gasteiger partial charge >= 0.3 is 0 Å². The number of hydrogen-bond donors (Lipinski definition) is 0. The molecular formula is C19H14Cl2N2O3S. The van der Waals surface area contributed by atoms with Gasteiger partial charge in [-0.1, -0.05) is 40.5 Å². The van der Waals surface area contributed by atoms with E-state index in [-0.39, 0.29) is 6.61 Å². The predicted octanol–water partition coefficient (Wildman–Crippen LogP) is 4.16. The maximum Gasteiger partial charge on any atom is 0.286 e. The monoisotopic (exact) mass is 420 g/mol. The molecule has 0 unspecified atom stereocenters. The van der Waals surface area contributed by atoms with E-state index < -0.39 is 5.91 Å². The first-order chi connectivity index (χ1) is 13.0. The van der Waals surface area contributed by atoms with Crippen molar-refractivity contribution in [3.63, 3.8) is 0 Å². The minimum absolute atomic E-state index is 0.255. The molecule has 0 bridgehead atoms. The SMILES string of the molecule is C#CCn1c(=NC(=O)COc2ccc(Cl)cc2Cl)sc2cc(OC)ccc21. The standard InChI is InChI=1S/C19H14Cl2N2O3S/c1-3-8-23-15-6-5-13(25-2)10-17(15)27-19(23)22-18(24)11-26-16-7-4-12(20)9-14(16)21/h1,4-7,9-10H,8,11H2,2H3. The van der Waals surface area contributed by atoms with Crippen LogP contribution in [0.3, 0.4) is 0 Å². The summed E-state index contributed by atoms with van der Waals surface area (Å²) in [6.45, 7) is 0.0390. The smallest absolute Gasteiger partial charge is 0.286 e. The summed E-state index contributed by atoms with van der Waals surface area (Å²) in [4.78, 5) is 16.9. The number of carbonyl (C=O) groups excluding carboxylic acids is 1. The second-order valence-corrected chi connectivity index (χ2v) is 7.23. The molecule has 0 N–H and O–H groups in total. The summed E-state index contributed by atoms with van der Waals surface area (Å²) < 4.78 is 13.4. The Labute approximate surface area is 169 Å². The molecule has 0 saturated heterocycles. The van der Waals surface area contributed by atoms with Crippen LogP contribution in [0.2, 0.25) is 10.0 Å². The van der Waals surface area contributed by atoms with Crippen LogP contribution in [-0.4, -0.2) is 24.2 Å². The lowest BCUT2D eigenvalue weighted by molar-refractivity contribution is -0.120. The number of benzene rings is 2. The first kappa shape index (κ1) is 19.3. The van der Waals surface area contributed by atoms with Crippen LogP contribution in [0, 0.1) is 12.3 Å². The summed E-state index contributed by atoms with van der Waals surface area (Å²) in [6, 6.07) is 10.4. The fourth-order valence-corrected chi connectivity index (χ4v) is 3.92. The number of halogens is 2. The van der Waals surface area contributed by atoms with Gasteiger partial charge in [0.05, 0.1) is 28.9 Å². The van der Waals surface area contributed by atoms with E-state index >= 15 is 0 Å². The largest absolute Gasteiger partial charge is 0.497 e. The third-order valence-electron chi connectivity index (χ3n) is 3.60. The van der Waals surface area contributed by atoms with Crippen LogP contribution in [0.25, 0.3) is 10.2 Å². The molecule has 0 aliphatic rings. The highest BCUT2D eigenvalue weighted by Gasteiger charge is 2.10. The summed E-state index contributed by atoms with van der Waals surface area (Å²) in [7, 11) is 1.60. The molecule has 0 spiro atoms. The van der Waals surface area contributed by atoms with Gasteiger partial charge in [0.2, 0.25) is 0 Å². The Morgan fingerprint density at radius 2 is 2.11 bits per heavy atom. The van der Waals surface area contributed by atoms with E-state index in [1.165, 1.54) is 11.3 Å². The van der Waals surface area contributed by atoms with Gasteiger partial charge < -0.3 is 14.0 Å². The Morgan fingerprint density at radius 1 is 1.30 bits per heavy atom. The van der Waals surface area contributed by atoms with Gasteiger partial charge in [-0.25, -0.2) is 0 Å². The number of terminal acetylenes is 1. The number of thiazole rings is 1. The van der Waals surface area contributed by atoms with Gasteiger partial charge in [-0.05, 0) is 36.4 Å². The number of methoxy groups -OCH3 is 1. The lowest BCUT2D eigenvalue weighted by atomic mass is 10.3. The van der Waals surface area contributed by atoms with Crippen LogP contribution >= 0.6 is 34.5 Å². The number of rotatable bonds is 5. The molecule has 2 aromatic carbocycles. The van der Waals surface area contributed by atoms with Crippen molar-refractivity contribution in [2.75, 3.05) is 13.7 Å². The summed E-state index contributed by atoms with van der Waals surface area (Å²) in [5.41, 5.74) is 0.881. The van der Waals surface area contributed by atoms with Crippen molar-refractivity contribution < 1.29 is 14.3 Å². The van der Waals surface area contributed by atoms with Crippen molar-refractivity contribution in [1.29, 1.82) is 0 Å². The van der Waals surface area contributed by atoms with Crippen molar-refractivity contribution in [3.8, 4) is 23.8 Å². The highest BCUT2D eigenvalue weighted by Crippen LogP contribution is 2.27. The highest BCUT2D eigenvalue weighted by molar-refractivity contribution is 7.16. The van der Waals surface area contributed by atoms with Crippen molar-refractivity contribution >= 4 is 50.7 Å². The maximum atomic E-state index is 12.3. The molecule has 138 valence electrons. The van der Waals surface area contributed by atoms with E-state index in [2.05, 4.69) is 10.9 Å². The molecule has 0 aliphatic carbocycles. The molecule has 0 atom stereocenters. The van der Waals surface area contributed by atoms with Gasteiger partial charge in [0.1, 0.15) is 11.5 Å². The number of hydrogen-bond acceptors (Lipinski definition) is 4. The second kappa shape index (κ2) is 8.49. The molecule has 0 aliphatic heterocycles. The number of aromatic nitrogens is 1. The third kappa shape index (κ3) is 4.45. The van der Waals surface area contributed by atoms with Crippen LogP contribution in [-0.2, 0) is 11.3 Å². The molecule has 8 heteroatoms. The first-order valence-corrected chi connectivity index (χ1v) is 9.35. The first-order valence-electron chi connectivity index (χ1n) is 7.78. The minimum atomic E-state index is -0.453. The predicted molar refractivity (Wildman–Crippen MR) is 108 cm³/mol. The van der Waals surface area contributed by atoms with Gasteiger partial charge in [-0.2, -0.15) is 4.99 Å². The van der Waals surface area contributed by atoms with E-state index in [9.17, 15) is 4.79 Å². The van der Waals surface area contributed by atoms with Gasteiger partial charge in [-0.3, -0.25) is 4.79 Å². The normalized spacial score (nSPS) is 11.4. The summed E-state index contributed by atoms with van der Waals surface area (Å²) in [6.07, 6.45) is 5.46. The van der Waals surface area contributed by atoms with Crippen molar-refractivity contribution in [1.82, 2.24) is 4.57 Å². The second-order valence-electron chi connectivity index (χ2n) is 5.38. The molecule has 3 aromatic rings. The molecular weight excluding hydrogens is 407 g/mol. The zero-order chi connectivity index (χ0) is 19.4. The van der Waals surface area contributed by atoms with Crippen LogP contribution in [0.4, 0.5) is 0 Å². The molecule has 0 saturated carbocycles. The lowest BCUT2D eigenvalue weighted by Gasteiger charge is -2.05. The minimum Gasteiger partial charge on any atom is -0.497 e. The number of amides is 1. The Balaban J connectivity index is 1.88. The topological polar surface area (TPSA) is 52.8 Å². The Morgan fingerprint density at radius 3 is 2.81 bits per heavy atom. The van der Waals surface area contributed by atoms with Gasteiger partial charge in [0.15, 0.2) is 11.4 Å². The van der Waals surface area contributed by atoms with E-state index in [0.717, 1.165) is 16.0 Å². The van der Waals surface area contributed by atoms with Gasteiger partial charge in [-0.15, -0.1) is 6.42 Å². The maximum absolute atomic E-state index is 12.3. The highest BCUT2D eigenvalue weighted by atomic mass is 35.5. The zero-order valence-electron chi connectivity index (χ0n) is 14.2. The van der Waals surface area contributed by atoms with Gasteiger partial charge in [0.25, 0.3) is 5.91 Å². The fourth-order valence-electron chi connectivity index (χ4n) is 2.38. The molecule has 0 radical (unpaired) electrons. The molecule has 3 rings (SSSR count). The van der Waals surface area contributed by atoms with E-state index in [4.69, 9.17) is 39.1 Å². The Bertz CT molecular complexity index is 1110. The van der Waals surface area contributed by atoms with E-state index in [1.54, 1.807) is 29.9 Å². The Kier molecular flexibility index (Phi) is 6.07. The van der Waals surface area contributed by atoms with E-state index in [0.29, 0.717) is 27.1 Å². The van der Waals surface area contributed by atoms with Crippen LogP contribution < -0.4 is 14.3 Å². The van der Waals surface area contributed by atoms with Crippen LogP contribution in [0.1, 0.15) is 0 Å². The van der Waals surface area contributed by atoms with Crippen molar-refractivity contribution in [2.45, 2.75) is 6.54 Å². The van der Waals surface area contributed by atoms with Crippen LogP contribution in [0.15, 0.2) is 41.4 Å². The molecule has 1 amide bonds. The number of ether oxygens (including phenoxy) is 2. The van der Waals surface area contributed by atoms with Gasteiger partial charge in [0, 0.05) is 5.02 Å². The Hall–Kier alpha value is -2.46. The average molecular weight is 421 g/mol. The summed E-state index contributed by atoms with van der Waals surface area (Å²) >= 11 is 13.2. The molecule has 1 heterocycles. The summed E-state index contributed by atoms with van der Waals surface area (Å²) in [5, 5.41) is 0.811. The lowest BCUT2D eigenvalue weighted by Crippen LogP contribution is -2.19. The number of fused-ring (bicyclic) bond motifs is 1. The zero-order valence-corrected chi connectivity index (χ0v) is 16.6. The molecule has 0 fully saturated rings. The molecule has 27 heavy (non-hydrogen) atoms. The molecule has 1 aromatic heterocycles. The van der Waals surface area contributed by atoms with E-state index in [1.807, 2.05) is 18.2 Å². The number of nitrogens with zero attached hydrogens (tertiary/aromatic N) is 2. The van der Waals surface area contributed by atoms with Crippen molar-refractivity contribution in [2.24, 2.45) is 4.99 Å². The average Bonchev–Trinajstić information content (AvgIpc) is 2.97. The molecule has 5 nitrogen and oxygen atoms in total. The summed E-state index contributed by atoms with van der Waals surface area (Å²) in [5.74, 6) is 3.21. The quantitative estimate of drug-likeness (QED) is 0.582. The number of carbonyl (C=O) groups is 1. The fraction of sp³-hybridized carbons (Fsp3) is 0.158.